The summed E-state index contributed by atoms with van der Waals surface area (Å²) in [5, 5.41) is 0. The van der Waals surface area contributed by atoms with Crippen molar-refractivity contribution in [3.63, 3.8) is 0 Å². The minimum atomic E-state index is -0.527. The van der Waals surface area contributed by atoms with Crippen molar-refractivity contribution in [2.75, 3.05) is 0 Å². The molecule has 2 atom stereocenters. The zero-order valence-corrected chi connectivity index (χ0v) is 11.7. The summed E-state index contributed by atoms with van der Waals surface area (Å²) in [6.07, 6.45) is 0.875. The lowest BCUT2D eigenvalue weighted by Crippen LogP contribution is -2.37. The number of carbonyl (C=O) groups is 1. The van der Waals surface area contributed by atoms with Crippen LogP contribution in [0.2, 0.25) is 0 Å². The van der Waals surface area contributed by atoms with Gasteiger partial charge in [-0.3, -0.25) is 4.79 Å². The van der Waals surface area contributed by atoms with Gasteiger partial charge in [-0.15, -0.1) is 0 Å². The van der Waals surface area contributed by atoms with E-state index in [1.165, 1.54) is 5.56 Å². The predicted octanol–water partition coefficient (Wildman–Crippen LogP) is 2.72. The number of rotatable bonds is 5. The van der Waals surface area contributed by atoms with Crippen LogP contribution in [0.5, 0.6) is 0 Å². The summed E-state index contributed by atoms with van der Waals surface area (Å²) in [5.74, 6) is -0.166. The zero-order valence-electron chi connectivity index (χ0n) is 11.7. The summed E-state index contributed by atoms with van der Waals surface area (Å²) in [6, 6.07) is 5.57. The number of carbonyl (C=O) groups excluding carboxylic acids is 1. The first-order chi connectivity index (χ1) is 8.45. The Morgan fingerprint density at radius 3 is 2.61 bits per heavy atom. The molecule has 3 heteroatoms. The van der Waals surface area contributed by atoms with Gasteiger partial charge in [0.1, 0.15) is 12.6 Å². The number of hydrogen-bond acceptors (Lipinski definition) is 3. The monoisotopic (exact) mass is 249 g/mol. The normalized spacial score (nSPS) is 14.1. The van der Waals surface area contributed by atoms with Gasteiger partial charge in [0.15, 0.2) is 0 Å². The molecule has 3 nitrogen and oxygen atoms in total. The van der Waals surface area contributed by atoms with Gasteiger partial charge in [0, 0.05) is 0 Å². The molecule has 0 heterocycles. The lowest BCUT2D eigenvalue weighted by atomic mass is 10.0. The Hall–Kier alpha value is -1.35. The molecular formula is C15H23NO2. The van der Waals surface area contributed by atoms with Crippen molar-refractivity contribution < 1.29 is 9.53 Å². The summed E-state index contributed by atoms with van der Waals surface area (Å²) in [7, 11) is 0. The summed E-state index contributed by atoms with van der Waals surface area (Å²) in [6.45, 7) is 8.34. The van der Waals surface area contributed by atoms with Crippen LogP contribution in [-0.4, -0.2) is 12.0 Å². The van der Waals surface area contributed by atoms with E-state index in [-0.39, 0.29) is 11.9 Å². The largest absolute Gasteiger partial charge is 0.460 e. The van der Waals surface area contributed by atoms with Crippen molar-refractivity contribution in [2.24, 2.45) is 11.7 Å². The van der Waals surface area contributed by atoms with E-state index in [9.17, 15) is 4.79 Å². The molecule has 2 unspecified atom stereocenters. The molecule has 0 aliphatic rings. The number of aryl methyl sites for hydroxylation is 2. The number of nitrogens with two attached hydrogens (primary N) is 1. The van der Waals surface area contributed by atoms with Gasteiger partial charge >= 0.3 is 5.97 Å². The average molecular weight is 249 g/mol. The highest BCUT2D eigenvalue weighted by Crippen LogP contribution is 2.13. The van der Waals surface area contributed by atoms with Crippen LogP contribution in [0, 0.1) is 19.8 Å². The molecule has 1 aromatic rings. The molecule has 0 radical (unpaired) electrons. The third-order valence-corrected chi connectivity index (χ3v) is 3.40. The van der Waals surface area contributed by atoms with E-state index in [0.717, 1.165) is 17.5 Å². The van der Waals surface area contributed by atoms with Crippen molar-refractivity contribution in [1.82, 2.24) is 0 Å². The first-order valence-corrected chi connectivity index (χ1v) is 6.44. The van der Waals surface area contributed by atoms with E-state index in [2.05, 4.69) is 6.07 Å². The molecule has 18 heavy (non-hydrogen) atoms. The molecule has 0 bridgehead atoms. The first-order valence-electron chi connectivity index (χ1n) is 6.44. The van der Waals surface area contributed by atoms with E-state index < -0.39 is 6.04 Å². The van der Waals surface area contributed by atoms with E-state index >= 15 is 0 Å². The second kappa shape index (κ2) is 6.55. The fraction of sp³-hybridized carbons (Fsp3) is 0.533. The predicted molar refractivity (Wildman–Crippen MR) is 73.1 cm³/mol. The zero-order chi connectivity index (χ0) is 13.7. The number of hydrogen-bond donors (Lipinski definition) is 1. The summed E-state index contributed by atoms with van der Waals surface area (Å²) in [4.78, 5) is 11.7. The fourth-order valence-electron chi connectivity index (χ4n) is 1.74. The number of esters is 1. The van der Waals surface area contributed by atoms with E-state index in [4.69, 9.17) is 10.5 Å². The third-order valence-electron chi connectivity index (χ3n) is 3.40. The highest BCUT2D eigenvalue weighted by atomic mass is 16.5. The highest BCUT2D eigenvalue weighted by Gasteiger charge is 2.20. The van der Waals surface area contributed by atoms with Crippen molar-refractivity contribution in [2.45, 2.75) is 46.8 Å². The summed E-state index contributed by atoms with van der Waals surface area (Å²) < 4.78 is 5.27. The Kier molecular flexibility index (Phi) is 5.35. The standard InChI is InChI=1S/C15H23NO2/c1-5-11(3)14(16)15(17)18-9-13-7-6-10(2)8-12(13)4/h6-8,11,14H,5,9,16H2,1-4H3. The first kappa shape index (κ1) is 14.7. The van der Waals surface area contributed by atoms with Crippen LogP contribution in [0.3, 0.4) is 0 Å². The van der Waals surface area contributed by atoms with Crippen LogP contribution in [0.1, 0.15) is 37.0 Å². The van der Waals surface area contributed by atoms with Crippen LogP contribution in [-0.2, 0) is 16.1 Å². The van der Waals surface area contributed by atoms with Gasteiger partial charge in [-0.05, 0) is 30.9 Å². The Labute approximate surface area is 109 Å². The van der Waals surface area contributed by atoms with Gasteiger partial charge < -0.3 is 10.5 Å². The molecule has 0 aromatic heterocycles. The fourth-order valence-corrected chi connectivity index (χ4v) is 1.74. The van der Waals surface area contributed by atoms with E-state index in [1.54, 1.807) is 0 Å². The average Bonchev–Trinajstić information content (AvgIpc) is 2.35. The Morgan fingerprint density at radius 2 is 2.06 bits per heavy atom. The maximum absolute atomic E-state index is 11.7. The topological polar surface area (TPSA) is 52.3 Å². The summed E-state index contributed by atoms with van der Waals surface area (Å²) >= 11 is 0. The molecule has 0 fully saturated rings. The second-order valence-electron chi connectivity index (χ2n) is 4.95. The maximum Gasteiger partial charge on any atom is 0.323 e. The quantitative estimate of drug-likeness (QED) is 0.816. The van der Waals surface area contributed by atoms with E-state index in [0.29, 0.717) is 6.61 Å². The van der Waals surface area contributed by atoms with Crippen LogP contribution in [0.15, 0.2) is 18.2 Å². The van der Waals surface area contributed by atoms with Gasteiger partial charge in [0.05, 0.1) is 0 Å². The van der Waals surface area contributed by atoms with Crippen LogP contribution in [0.4, 0.5) is 0 Å². The lowest BCUT2D eigenvalue weighted by molar-refractivity contribution is -0.147. The molecule has 0 saturated heterocycles. The number of ether oxygens (including phenoxy) is 1. The minimum Gasteiger partial charge on any atom is -0.460 e. The Morgan fingerprint density at radius 1 is 1.39 bits per heavy atom. The van der Waals surface area contributed by atoms with Gasteiger partial charge in [-0.2, -0.15) is 0 Å². The maximum atomic E-state index is 11.7. The smallest absolute Gasteiger partial charge is 0.323 e. The third kappa shape index (κ3) is 3.84. The molecule has 100 valence electrons. The van der Waals surface area contributed by atoms with Crippen molar-refractivity contribution in [3.8, 4) is 0 Å². The van der Waals surface area contributed by atoms with Gasteiger partial charge in [0.25, 0.3) is 0 Å². The van der Waals surface area contributed by atoms with Crippen LogP contribution in [0.25, 0.3) is 0 Å². The van der Waals surface area contributed by atoms with Crippen LogP contribution < -0.4 is 5.73 Å². The molecule has 0 aliphatic carbocycles. The minimum absolute atomic E-state index is 0.150. The molecule has 1 aromatic carbocycles. The number of benzene rings is 1. The highest BCUT2D eigenvalue weighted by molar-refractivity contribution is 5.75. The molecule has 2 N–H and O–H groups in total. The van der Waals surface area contributed by atoms with Crippen molar-refractivity contribution >= 4 is 5.97 Å². The van der Waals surface area contributed by atoms with Gasteiger partial charge in [-0.1, -0.05) is 44.0 Å². The summed E-state index contributed by atoms with van der Waals surface area (Å²) in [5.41, 5.74) is 9.20. The SMILES string of the molecule is CCC(C)C(N)C(=O)OCc1ccc(C)cc1C. The second-order valence-corrected chi connectivity index (χ2v) is 4.95. The molecular weight excluding hydrogens is 226 g/mol. The molecule has 0 amide bonds. The van der Waals surface area contributed by atoms with Crippen molar-refractivity contribution in [3.05, 3.63) is 34.9 Å². The van der Waals surface area contributed by atoms with E-state index in [1.807, 2.05) is 39.8 Å². The van der Waals surface area contributed by atoms with Crippen molar-refractivity contribution in [1.29, 1.82) is 0 Å². The van der Waals surface area contributed by atoms with Gasteiger partial charge in [0.2, 0.25) is 0 Å². The lowest BCUT2D eigenvalue weighted by Gasteiger charge is -2.17. The molecule has 0 aliphatic heterocycles. The molecule has 0 saturated carbocycles. The molecule has 0 spiro atoms. The van der Waals surface area contributed by atoms with Crippen LogP contribution >= 0.6 is 0 Å². The van der Waals surface area contributed by atoms with Gasteiger partial charge in [-0.25, -0.2) is 0 Å². The Balaban J connectivity index is 2.57. The molecule has 1 rings (SSSR count). The Bertz CT molecular complexity index is 415.